The molecule has 0 bridgehead atoms. The summed E-state index contributed by atoms with van der Waals surface area (Å²) in [6, 6.07) is 6.39. The largest absolute Gasteiger partial charge is 0.367 e. The standard InChI is InChI=1S/C19H29FN4O2/c1-4-10-22-18(25)11-23-19(21-5-2)24-12-14(3)26-17(13-24)15-6-8-16(20)9-7-15/h6-9,14,17H,4-5,10-13H2,1-3H3,(H,21,23)(H,22,25). The number of nitrogens with zero attached hydrogens (tertiary/aromatic N) is 2. The van der Waals surface area contributed by atoms with Crippen LogP contribution in [0.3, 0.4) is 0 Å². The molecule has 144 valence electrons. The zero-order chi connectivity index (χ0) is 18.9. The van der Waals surface area contributed by atoms with Crippen molar-refractivity contribution in [2.75, 3.05) is 32.7 Å². The van der Waals surface area contributed by atoms with Crippen molar-refractivity contribution in [1.82, 2.24) is 15.5 Å². The van der Waals surface area contributed by atoms with Crippen molar-refractivity contribution in [2.45, 2.75) is 39.4 Å². The summed E-state index contributed by atoms with van der Waals surface area (Å²) in [7, 11) is 0. The number of carbonyl (C=O) groups is 1. The number of nitrogens with one attached hydrogen (secondary N) is 2. The fraction of sp³-hybridized carbons (Fsp3) is 0.579. The molecule has 7 heteroatoms. The number of aliphatic imine (C=N–C) groups is 1. The Bertz CT molecular complexity index is 606. The molecule has 1 heterocycles. The Morgan fingerprint density at radius 3 is 2.65 bits per heavy atom. The lowest BCUT2D eigenvalue weighted by Gasteiger charge is -2.38. The van der Waals surface area contributed by atoms with E-state index in [-0.39, 0.29) is 30.5 Å². The first-order chi connectivity index (χ1) is 12.5. The highest BCUT2D eigenvalue weighted by Crippen LogP contribution is 2.25. The highest BCUT2D eigenvalue weighted by molar-refractivity contribution is 5.85. The maximum absolute atomic E-state index is 13.2. The molecule has 0 saturated carbocycles. The summed E-state index contributed by atoms with van der Waals surface area (Å²) in [4.78, 5) is 18.4. The van der Waals surface area contributed by atoms with Gasteiger partial charge in [-0.25, -0.2) is 9.38 Å². The van der Waals surface area contributed by atoms with Crippen molar-refractivity contribution < 1.29 is 13.9 Å². The normalized spacial score (nSPS) is 20.8. The molecular weight excluding hydrogens is 335 g/mol. The lowest BCUT2D eigenvalue weighted by Crippen LogP contribution is -2.51. The maximum atomic E-state index is 13.2. The van der Waals surface area contributed by atoms with Crippen molar-refractivity contribution in [1.29, 1.82) is 0 Å². The second-order valence-corrected chi connectivity index (χ2v) is 6.41. The van der Waals surface area contributed by atoms with Crippen molar-refractivity contribution >= 4 is 11.9 Å². The molecule has 1 aliphatic rings. The number of amides is 1. The third-order valence-electron chi connectivity index (χ3n) is 4.08. The SMILES string of the molecule is CCCNC(=O)CN=C(NCC)N1CC(C)OC(c2ccc(F)cc2)C1. The topological polar surface area (TPSA) is 66.0 Å². The average Bonchev–Trinajstić information content (AvgIpc) is 2.63. The predicted octanol–water partition coefficient (Wildman–Crippen LogP) is 2.08. The molecule has 1 aromatic rings. The molecule has 0 spiro atoms. The number of hydrogen-bond donors (Lipinski definition) is 2. The van der Waals surface area contributed by atoms with Crippen LogP contribution in [0.2, 0.25) is 0 Å². The highest BCUT2D eigenvalue weighted by atomic mass is 19.1. The Morgan fingerprint density at radius 1 is 1.27 bits per heavy atom. The Morgan fingerprint density at radius 2 is 2.00 bits per heavy atom. The number of morpholine rings is 1. The molecule has 2 atom stereocenters. The van der Waals surface area contributed by atoms with Crippen LogP contribution < -0.4 is 10.6 Å². The minimum Gasteiger partial charge on any atom is -0.367 e. The van der Waals surface area contributed by atoms with E-state index in [4.69, 9.17) is 4.74 Å². The quantitative estimate of drug-likeness (QED) is 0.599. The summed E-state index contributed by atoms with van der Waals surface area (Å²) in [5, 5.41) is 6.07. The zero-order valence-corrected chi connectivity index (χ0v) is 15.8. The Hall–Kier alpha value is -2.15. The van der Waals surface area contributed by atoms with E-state index >= 15 is 0 Å². The van der Waals surface area contributed by atoms with E-state index in [2.05, 4.69) is 20.5 Å². The molecule has 6 nitrogen and oxygen atoms in total. The number of halogens is 1. The summed E-state index contributed by atoms with van der Waals surface area (Å²) in [6.45, 7) is 8.74. The molecule has 1 aromatic carbocycles. The van der Waals surface area contributed by atoms with Gasteiger partial charge >= 0.3 is 0 Å². The Balaban J connectivity index is 2.08. The number of rotatable bonds is 6. The van der Waals surface area contributed by atoms with Crippen molar-refractivity contribution in [3.05, 3.63) is 35.6 Å². The van der Waals surface area contributed by atoms with Gasteiger partial charge in [0.05, 0.1) is 12.6 Å². The van der Waals surface area contributed by atoms with Gasteiger partial charge in [-0.05, 0) is 38.0 Å². The van der Waals surface area contributed by atoms with Gasteiger partial charge in [-0.15, -0.1) is 0 Å². The third kappa shape index (κ3) is 5.98. The molecule has 1 fully saturated rings. The molecule has 2 N–H and O–H groups in total. The minimum atomic E-state index is -0.262. The lowest BCUT2D eigenvalue weighted by molar-refractivity contribution is -0.119. The van der Waals surface area contributed by atoms with Gasteiger partial charge in [0.2, 0.25) is 5.91 Å². The molecule has 1 aliphatic heterocycles. The summed E-state index contributed by atoms with van der Waals surface area (Å²) < 4.78 is 19.2. The van der Waals surface area contributed by atoms with Gasteiger partial charge in [-0.2, -0.15) is 0 Å². The van der Waals surface area contributed by atoms with Crippen LogP contribution in [-0.2, 0) is 9.53 Å². The molecule has 1 amide bonds. The first kappa shape index (κ1) is 20.2. The average molecular weight is 364 g/mol. The van der Waals surface area contributed by atoms with Crippen LogP contribution in [0.4, 0.5) is 4.39 Å². The second-order valence-electron chi connectivity index (χ2n) is 6.41. The molecule has 1 saturated heterocycles. The fourth-order valence-corrected chi connectivity index (χ4v) is 2.88. The predicted molar refractivity (Wildman–Crippen MR) is 101 cm³/mol. The van der Waals surface area contributed by atoms with E-state index in [1.54, 1.807) is 12.1 Å². The van der Waals surface area contributed by atoms with Gasteiger partial charge in [0.1, 0.15) is 18.5 Å². The van der Waals surface area contributed by atoms with Crippen molar-refractivity contribution in [2.24, 2.45) is 4.99 Å². The first-order valence-electron chi connectivity index (χ1n) is 9.24. The molecule has 0 radical (unpaired) electrons. The zero-order valence-electron chi connectivity index (χ0n) is 15.8. The molecule has 2 unspecified atom stereocenters. The smallest absolute Gasteiger partial charge is 0.241 e. The molecule has 2 rings (SSSR count). The van der Waals surface area contributed by atoms with Gasteiger partial charge in [-0.1, -0.05) is 19.1 Å². The van der Waals surface area contributed by atoms with Crippen LogP contribution in [0, 0.1) is 5.82 Å². The van der Waals surface area contributed by atoms with E-state index in [0.717, 1.165) is 12.0 Å². The van der Waals surface area contributed by atoms with Crippen LogP contribution >= 0.6 is 0 Å². The van der Waals surface area contributed by atoms with Gasteiger partial charge in [0, 0.05) is 19.6 Å². The summed E-state index contributed by atoms with van der Waals surface area (Å²) in [5.74, 6) is 0.350. The van der Waals surface area contributed by atoms with E-state index in [0.29, 0.717) is 32.1 Å². The monoisotopic (exact) mass is 364 g/mol. The van der Waals surface area contributed by atoms with Crippen LogP contribution in [0.5, 0.6) is 0 Å². The van der Waals surface area contributed by atoms with Crippen molar-refractivity contribution in [3.8, 4) is 0 Å². The fourth-order valence-electron chi connectivity index (χ4n) is 2.88. The maximum Gasteiger partial charge on any atom is 0.241 e. The number of hydrogen-bond acceptors (Lipinski definition) is 3. The van der Waals surface area contributed by atoms with E-state index in [1.165, 1.54) is 12.1 Å². The first-order valence-corrected chi connectivity index (χ1v) is 9.24. The highest BCUT2D eigenvalue weighted by Gasteiger charge is 2.28. The number of guanidine groups is 1. The van der Waals surface area contributed by atoms with Gasteiger partial charge < -0.3 is 20.3 Å². The number of ether oxygens (including phenoxy) is 1. The number of carbonyl (C=O) groups excluding carboxylic acids is 1. The minimum absolute atomic E-state index is 0.00317. The van der Waals surface area contributed by atoms with Gasteiger partial charge in [-0.3, -0.25) is 4.79 Å². The molecule has 0 aromatic heterocycles. The van der Waals surface area contributed by atoms with Crippen LogP contribution in [0.15, 0.2) is 29.3 Å². The van der Waals surface area contributed by atoms with E-state index in [9.17, 15) is 9.18 Å². The van der Waals surface area contributed by atoms with Crippen LogP contribution in [-0.4, -0.2) is 55.6 Å². The molecule has 26 heavy (non-hydrogen) atoms. The van der Waals surface area contributed by atoms with Crippen molar-refractivity contribution in [3.63, 3.8) is 0 Å². The summed E-state index contributed by atoms with van der Waals surface area (Å²) in [5.41, 5.74) is 0.930. The Kier molecular flexibility index (Phi) is 7.84. The number of benzene rings is 1. The Labute approximate surface area is 154 Å². The van der Waals surface area contributed by atoms with E-state index in [1.807, 2.05) is 20.8 Å². The second kappa shape index (κ2) is 10.1. The van der Waals surface area contributed by atoms with Gasteiger partial charge in [0.25, 0.3) is 0 Å². The van der Waals surface area contributed by atoms with Crippen LogP contribution in [0.1, 0.15) is 38.9 Å². The van der Waals surface area contributed by atoms with E-state index < -0.39 is 0 Å². The molecule has 0 aliphatic carbocycles. The molecular formula is C19H29FN4O2. The summed E-state index contributed by atoms with van der Waals surface area (Å²) in [6.07, 6.45) is 0.726. The summed E-state index contributed by atoms with van der Waals surface area (Å²) >= 11 is 0. The van der Waals surface area contributed by atoms with Crippen LogP contribution in [0.25, 0.3) is 0 Å². The third-order valence-corrected chi connectivity index (χ3v) is 4.08. The van der Waals surface area contributed by atoms with Gasteiger partial charge in [0.15, 0.2) is 5.96 Å². The lowest BCUT2D eigenvalue weighted by atomic mass is 10.1.